The van der Waals surface area contributed by atoms with Gasteiger partial charge < -0.3 is 9.84 Å². The van der Waals surface area contributed by atoms with Crippen LogP contribution < -0.4 is 4.74 Å². The molecule has 0 heterocycles. The van der Waals surface area contributed by atoms with E-state index in [9.17, 15) is 33.2 Å². The lowest BCUT2D eigenvalue weighted by atomic mass is 9.81. The van der Waals surface area contributed by atoms with Gasteiger partial charge in [-0.15, -0.1) is 0 Å². The maximum Gasteiger partial charge on any atom is 0.416 e. The Balaban J connectivity index is 2.53. The van der Waals surface area contributed by atoms with Crippen LogP contribution in [0.2, 0.25) is 0 Å². The number of ether oxygens (including phenoxy) is 1. The zero-order valence-electron chi connectivity index (χ0n) is 15.3. The van der Waals surface area contributed by atoms with Crippen LogP contribution in [0.3, 0.4) is 0 Å². The van der Waals surface area contributed by atoms with Crippen molar-refractivity contribution in [2.24, 2.45) is 0 Å². The second kappa shape index (κ2) is 7.49. The van der Waals surface area contributed by atoms with Crippen molar-refractivity contribution in [1.82, 2.24) is 0 Å². The summed E-state index contributed by atoms with van der Waals surface area (Å²) in [5.41, 5.74) is -1.95. The van der Waals surface area contributed by atoms with E-state index in [1.807, 2.05) is 20.8 Å². The first-order valence-corrected chi connectivity index (χ1v) is 8.28. The van der Waals surface area contributed by atoms with Crippen molar-refractivity contribution in [1.29, 1.82) is 0 Å². The Bertz CT molecular complexity index is 922. The first kappa shape index (κ1) is 21.2. The lowest BCUT2D eigenvalue weighted by Gasteiger charge is -2.24. The van der Waals surface area contributed by atoms with Crippen LogP contribution in [0, 0.1) is 10.1 Å². The predicted molar refractivity (Wildman–Crippen MR) is 94.9 cm³/mol. The summed E-state index contributed by atoms with van der Waals surface area (Å²) in [4.78, 5) is 21.8. The molecule has 150 valence electrons. The van der Waals surface area contributed by atoms with Crippen molar-refractivity contribution in [2.45, 2.75) is 38.8 Å². The van der Waals surface area contributed by atoms with Gasteiger partial charge in [0.15, 0.2) is 0 Å². The molecule has 0 aliphatic rings. The van der Waals surface area contributed by atoms with Crippen molar-refractivity contribution in [2.75, 3.05) is 0 Å². The number of alkyl halides is 3. The average Bonchev–Trinajstić information content (AvgIpc) is 2.60. The standard InChI is InChI=1S/C19H18F3NO5/c1-4-18(2,3)11-5-7-15(13(9-11)17(24)25)28-16-8-6-12(19(20,21)22)10-14(16)23(26)27/h5-10H,4H2,1-3H3,(H,24,25). The molecule has 0 aromatic heterocycles. The van der Waals surface area contributed by atoms with E-state index in [1.54, 1.807) is 6.07 Å². The molecule has 0 radical (unpaired) electrons. The minimum absolute atomic E-state index is 0.203. The van der Waals surface area contributed by atoms with Crippen molar-refractivity contribution in [3.63, 3.8) is 0 Å². The van der Waals surface area contributed by atoms with Gasteiger partial charge in [0.25, 0.3) is 0 Å². The van der Waals surface area contributed by atoms with E-state index in [0.717, 1.165) is 18.1 Å². The number of nitrogens with zero attached hydrogens (tertiary/aromatic N) is 1. The summed E-state index contributed by atoms with van der Waals surface area (Å²) in [5, 5.41) is 20.6. The summed E-state index contributed by atoms with van der Waals surface area (Å²) in [6.45, 7) is 5.79. The van der Waals surface area contributed by atoms with E-state index < -0.39 is 34.1 Å². The van der Waals surface area contributed by atoms with E-state index >= 15 is 0 Å². The Morgan fingerprint density at radius 2 is 1.68 bits per heavy atom. The maximum absolute atomic E-state index is 12.8. The number of hydrogen-bond acceptors (Lipinski definition) is 4. The Hall–Kier alpha value is -3.10. The minimum atomic E-state index is -4.76. The third-order valence-corrected chi connectivity index (χ3v) is 4.58. The van der Waals surface area contributed by atoms with Crippen LogP contribution in [0.25, 0.3) is 0 Å². The number of carboxylic acids is 1. The first-order chi connectivity index (χ1) is 12.9. The zero-order chi connectivity index (χ0) is 21.3. The van der Waals surface area contributed by atoms with Gasteiger partial charge in [0.05, 0.1) is 10.5 Å². The summed E-state index contributed by atoms with van der Waals surface area (Å²) in [5.74, 6) is -2.01. The molecule has 0 saturated heterocycles. The van der Waals surface area contributed by atoms with Crippen LogP contribution in [0.4, 0.5) is 18.9 Å². The van der Waals surface area contributed by atoms with Crippen LogP contribution in [0.1, 0.15) is 48.7 Å². The van der Waals surface area contributed by atoms with E-state index in [2.05, 4.69) is 0 Å². The van der Waals surface area contributed by atoms with Gasteiger partial charge in [0, 0.05) is 6.07 Å². The highest BCUT2D eigenvalue weighted by Gasteiger charge is 2.33. The number of rotatable bonds is 6. The van der Waals surface area contributed by atoms with Crippen molar-refractivity contribution >= 4 is 11.7 Å². The lowest BCUT2D eigenvalue weighted by Crippen LogP contribution is -2.16. The molecule has 2 rings (SSSR count). The first-order valence-electron chi connectivity index (χ1n) is 8.28. The van der Waals surface area contributed by atoms with Crippen LogP contribution in [-0.4, -0.2) is 16.0 Å². The normalized spacial score (nSPS) is 11.9. The molecule has 0 aliphatic heterocycles. The summed E-state index contributed by atoms with van der Waals surface area (Å²) < 4.78 is 43.8. The highest BCUT2D eigenvalue weighted by Crippen LogP contribution is 2.39. The lowest BCUT2D eigenvalue weighted by molar-refractivity contribution is -0.385. The second-order valence-corrected chi connectivity index (χ2v) is 6.79. The summed E-state index contributed by atoms with van der Waals surface area (Å²) in [7, 11) is 0. The molecule has 0 bridgehead atoms. The fraction of sp³-hybridized carbons (Fsp3) is 0.316. The molecule has 0 atom stereocenters. The van der Waals surface area contributed by atoms with Crippen molar-refractivity contribution in [3.05, 3.63) is 63.2 Å². The van der Waals surface area contributed by atoms with Crippen molar-refractivity contribution in [3.8, 4) is 11.5 Å². The highest BCUT2D eigenvalue weighted by molar-refractivity contribution is 5.91. The van der Waals surface area contributed by atoms with Crippen LogP contribution in [0.15, 0.2) is 36.4 Å². The second-order valence-electron chi connectivity index (χ2n) is 6.79. The number of halogens is 3. The molecule has 0 unspecified atom stereocenters. The van der Waals surface area contributed by atoms with Gasteiger partial charge in [-0.1, -0.05) is 26.8 Å². The van der Waals surface area contributed by atoms with Gasteiger partial charge in [0.2, 0.25) is 5.75 Å². The number of carbonyl (C=O) groups is 1. The Kier molecular flexibility index (Phi) is 5.67. The topological polar surface area (TPSA) is 89.7 Å². The molecule has 0 aliphatic carbocycles. The summed E-state index contributed by atoms with van der Waals surface area (Å²) in [6, 6.07) is 6.16. The van der Waals surface area contributed by atoms with Crippen LogP contribution in [-0.2, 0) is 11.6 Å². The Morgan fingerprint density at radius 1 is 1.11 bits per heavy atom. The number of nitro groups is 1. The Labute approximate surface area is 158 Å². The molecule has 9 heteroatoms. The van der Waals surface area contributed by atoms with Gasteiger partial charge in [0.1, 0.15) is 11.3 Å². The minimum Gasteiger partial charge on any atom is -0.478 e. The predicted octanol–water partition coefficient (Wildman–Crippen LogP) is 5.79. The number of nitro benzene ring substituents is 1. The molecule has 0 saturated carbocycles. The molecule has 2 aromatic rings. The third-order valence-electron chi connectivity index (χ3n) is 4.58. The fourth-order valence-electron chi connectivity index (χ4n) is 2.45. The van der Waals surface area contributed by atoms with Gasteiger partial charge in [-0.25, -0.2) is 4.79 Å². The van der Waals surface area contributed by atoms with Crippen LogP contribution in [0.5, 0.6) is 11.5 Å². The van der Waals surface area contributed by atoms with E-state index in [-0.39, 0.29) is 16.7 Å². The molecule has 0 spiro atoms. The number of benzene rings is 2. The van der Waals surface area contributed by atoms with Crippen molar-refractivity contribution < 1.29 is 32.7 Å². The SMILES string of the molecule is CCC(C)(C)c1ccc(Oc2ccc(C(F)(F)F)cc2[N+](=O)[O-])c(C(=O)O)c1. The van der Waals surface area contributed by atoms with Gasteiger partial charge in [-0.3, -0.25) is 10.1 Å². The average molecular weight is 397 g/mol. The number of carboxylic acid groups (broad SMARTS) is 1. The number of aromatic carboxylic acids is 1. The highest BCUT2D eigenvalue weighted by atomic mass is 19.4. The molecular formula is C19H18F3NO5. The molecule has 0 amide bonds. The zero-order valence-corrected chi connectivity index (χ0v) is 15.3. The van der Waals surface area contributed by atoms with Gasteiger partial charge >= 0.3 is 17.8 Å². The number of hydrogen-bond donors (Lipinski definition) is 1. The van der Waals surface area contributed by atoms with Gasteiger partial charge in [-0.05, 0) is 41.7 Å². The summed E-state index contributed by atoms with van der Waals surface area (Å²) >= 11 is 0. The maximum atomic E-state index is 12.8. The summed E-state index contributed by atoms with van der Waals surface area (Å²) in [6.07, 6.45) is -4.03. The van der Waals surface area contributed by atoms with Crippen LogP contribution >= 0.6 is 0 Å². The molecule has 6 nitrogen and oxygen atoms in total. The largest absolute Gasteiger partial charge is 0.478 e. The Morgan fingerprint density at radius 3 is 2.18 bits per heavy atom. The molecule has 1 N–H and O–H groups in total. The van der Waals surface area contributed by atoms with E-state index in [4.69, 9.17) is 4.74 Å². The molecule has 28 heavy (non-hydrogen) atoms. The smallest absolute Gasteiger partial charge is 0.416 e. The molecular weight excluding hydrogens is 379 g/mol. The third kappa shape index (κ3) is 4.41. The van der Waals surface area contributed by atoms with E-state index in [1.165, 1.54) is 12.1 Å². The monoisotopic (exact) mass is 397 g/mol. The van der Waals surface area contributed by atoms with Gasteiger partial charge in [-0.2, -0.15) is 13.2 Å². The fourth-order valence-corrected chi connectivity index (χ4v) is 2.45. The molecule has 0 fully saturated rings. The quantitative estimate of drug-likeness (QED) is 0.492. The molecule has 2 aromatic carbocycles. The van der Waals surface area contributed by atoms with E-state index in [0.29, 0.717) is 12.1 Å².